The standard InChI is InChI=1S/C7H9FOSi/c8-6-9-10-7-4-2-1-3-5-7/h1-5H,6,10H2. The minimum Gasteiger partial charge on any atom is -0.393 e. The normalized spacial score (nSPS) is 10.9. The largest absolute Gasteiger partial charge is 0.393 e. The molecule has 0 bridgehead atoms. The summed E-state index contributed by atoms with van der Waals surface area (Å²) in [5.74, 6) is 0. The first-order valence-corrected chi connectivity index (χ1v) is 4.39. The molecule has 0 aromatic heterocycles. The molecule has 1 aromatic rings. The fourth-order valence-electron chi connectivity index (χ4n) is 0.731. The number of halogens is 1. The van der Waals surface area contributed by atoms with E-state index in [9.17, 15) is 4.39 Å². The lowest BCUT2D eigenvalue weighted by Crippen LogP contribution is -2.16. The lowest BCUT2D eigenvalue weighted by atomic mass is 10.4. The van der Waals surface area contributed by atoms with Crippen molar-refractivity contribution in [3.8, 4) is 0 Å². The van der Waals surface area contributed by atoms with Gasteiger partial charge < -0.3 is 4.43 Å². The quantitative estimate of drug-likeness (QED) is 0.573. The van der Waals surface area contributed by atoms with Gasteiger partial charge in [-0.2, -0.15) is 0 Å². The molecular formula is C7H9FOSi. The molecule has 0 saturated heterocycles. The molecule has 1 nitrogen and oxygen atoms in total. The fraction of sp³-hybridized carbons (Fsp3) is 0.143. The van der Waals surface area contributed by atoms with E-state index in [2.05, 4.69) is 0 Å². The second kappa shape index (κ2) is 4.19. The highest BCUT2D eigenvalue weighted by Crippen LogP contribution is 1.81. The van der Waals surface area contributed by atoms with Crippen molar-refractivity contribution < 1.29 is 8.82 Å². The summed E-state index contributed by atoms with van der Waals surface area (Å²) in [4.78, 5) is 0. The van der Waals surface area contributed by atoms with Crippen LogP contribution in [0.15, 0.2) is 30.3 Å². The maximum Gasteiger partial charge on any atom is 0.195 e. The maximum atomic E-state index is 11.5. The van der Waals surface area contributed by atoms with Gasteiger partial charge in [-0.05, 0) is 5.19 Å². The number of benzene rings is 1. The smallest absolute Gasteiger partial charge is 0.195 e. The van der Waals surface area contributed by atoms with Gasteiger partial charge in [-0.15, -0.1) is 0 Å². The number of alkyl halides is 1. The van der Waals surface area contributed by atoms with Crippen LogP contribution in [-0.4, -0.2) is 16.6 Å². The van der Waals surface area contributed by atoms with Crippen LogP contribution in [0.2, 0.25) is 0 Å². The van der Waals surface area contributed by atoms with Gasteiger partial charge in [-0.1, -0.05) is 30.3 Å². The molecule has 0 aliphatic heterocycles. The van der Waals surface area contributed by atoms with Crippen molar-refractivity contribution in [3.63, 3.8) is 0 Å². The Morgan fingerprint density at radius 3 is 2.60 bits per heavy atom. The van der Waals surface area contributed by atoms with E-state index in [0.29, 0.717) is 0 Å². The molecule has 0 fully saturated rings. The summed E-state index contributed by atoms with van der Waals surface area (Å²) < 4.78 is 16.2. The molecule has 0 aliphatic carbocycles. The number of rotatable bonds is 3. The third kappa shape index (κ3) is 2.29. The van der Waals surface area contributed by atoms with Crippen LogP contribution in [-0.2, 0) is 4.43 Å². The van der Waals surface area contributed by atoms with E-state index in [1.807, 2.05) is 30.3 Å². The molecule has 0 spiro atoms. The molecule has 0 N–H and O–H groups in total. The SMILES string of the molecule is FCO[SiH2]c1ccccc1. The molecule has 0 unspecified atom stereocenters. The molecule has 10 heavy (non-hydrogen) atoms. The van der Waals surface area contributed by atoms with Crippen LogP contribution in [0, 0.1) is 0 Å². The highest BCUT2D eigenvalue weighted by atomic mass is 28.2. The highest BCUT2D eigenvalue weighted by Gasteiger charge is 1.89. The Bertz CT molecular complexity index is 178. The van der Waals surface area contributed by atoms with E-state index in [1.165, 1.54) is 0 Å². The Balaban J connectivity index is 2.43. The number of hydrogen-bond donors (Lipinski definition) is 0. The minimum atomic E-state index is -0.786. The van der Waals surface area contributed by atoms with E-state index in [-0.39, 0.29) is 0 Å². The summed E-state index contributed by atoms with van der Waals surface area (Å²) in [5, 5.41) is 1.14. The van der Waals surface area contributed by atoms with Crippen LogP contribution < -0.4 is 5.19 Å². The average molecular weight is 156 g/mol. The molecule has 1 aromatic carbocycles. The average Bonchev–Trinajstić information content (AvgIpc) is 2.03. The monoisotopic (exact) mass is 156 g/mol. The van der Waals surface area contributed by atoms with Crippen LogP contribution in [0.1, 0.15) is 0 Å². The molecule has 0 radical (unpaired) electrons. The predicted molar refractivity (Wildman–Crippen MR) is 41.7 cm³/mol. The van der Waals surface area contributed by atoms with Crippen molar-refractivity contribution in [3.05, 3.63) is 30.3 Å². The zero-order chi connectivity index (χ0) is 7.23. The predicted octanol–water partition coefficient (Wildman–Crippen LogP) is 0.339. The molecule has 0 atom stereocenters. The van der Waals surface area contributed by atoms with Crippen LogP contribution in [0.5, 0.6) is 0 Å². The van der Waals surface area contributed by atoms with Crippen LogP contribution in [0.25, 0.3) is 0 Å². The number of hydrogen-bond acceptors (Lipinski definition) is 1. The summed E-state index contributed by atoms with van der Waals surface area (Å²) in [6.45, 7) is -0.652. The van der Waals surface area contributed by atoms with Gasteiger partial charge in [0.15, 0.2) is 16.6 Å². The van der Waals surface area contributed by atoms with Crippen LogP contribution >= 0.6 is 0 Å². The van der Waals surface area contributed by atoms with Gasteiger partial charge in [0.2, 0.25) is 0 Å². The Labute approximate surface area is 61.8 Å². The summed E-state index contributed by atoms with van der Waals surface area (Å²) in [6, 6.07) is 9.73. The summed E-state index contributed by atoms with van der Waals surface area (Å²) in [5.41, 5.74) is 0. The van der Waals surface area contributed by atoms with Crippen molar-refractivity contribution in [2.45, 2.75) is 0 Å². The Kier molecular flexibility index (Phi) is 3.12. The van der Waals surface area contributed by atoms with Gasteiger partial charge in [-0.3, -0.25) is 0 Å². The van der Waals surface area contributed by atoms with E-state index in [0.717, 1.165) is 5.19 Å². The molecular weight excluding hydrogens is 147 g/mol. The molecule has 0 heterocycles. The Morgan fingerprint density at radius 1 is 1.30 bits per heavy atom. The van der Waals surface area contributed by atoms with Gasteiger partial charge >= 0.3 is 0 Å². The lowest BCUT2D eigenvalue weighted by molar-refractivity contribution is 0.204. The first-order chi connectivity index (χ1) is 4.93. The Hall–Kier alpha value is -0.673. The first-order valence-electron chi connectivity index (χ1n) is 3.11. The van der Waals surface area contributed by atoms with Gasteiger partial charge in [-0.25, -0.2) is 4.39 Å². The maximum absolute atomic E-state index is 11.5. The van der Waals surface area contributed by atoms with Crippen molar-refractivity contribution in [2.24, 2.45) is 0 Å². The zero-order valence-electron chi connectivity index (χ0n) is 5.59. The first kappa shape index (κ1) is 7.43. The summed E-state index contributed by atoms with van der Waals surface area (Å²) in [7, 11) is -0.786. The lowest BCUT2D eigenvalue weighted by Gasteiger charge is -1.96. The molecule has 1 rings (SSSR count). The molecule has 0 amide bonds. The third-order valence-electron chi connectivity index (χ3n) is 1.19. The highest BCUT2D eigenvalue weighted by molar-refractivity contribution is 6.46. The Morgan fingerprint density at radius 2 is 2.00 bits per heavy atom. The van der Waals surface area contributed by atoms with Crippen LogP contribution in [0.4, 0.5) is 4.39 Å². The summed E-state index contributed by atoms with van der Waals surface area (Å²) in [6.07, 6.45) is 0. The van der Waals surface area contributed by atoms with Gasteiger partial charge in [0, 0.05) is 0 Å². The van der Waals surface area contributed by atoms with E-state index in [4.69, 9.17) is 4.43 Å². The zero-order valence-corrected chi connectivity index (χ0v) is 7.00. The molecule has 54 valence electrons. The minimum absolute atomic E-state index is 0.652. The summed E-state index contributed by atoms with van der Waals surface area (Å²) >= 11 is 0. The second-order valence-electron chi connectivity index (χ2n) is 1.94. The van der Waals surface area contributed by atoms with Crippen molar-refractivity contribution >= 4 is 14.9 Å². The molecule has 3 heteroatoms. The molecule has 0 saturated carbocycles. The topological polar surface area (TPSA) is 9.23 Å². The van der Waals surface area contributed by atoms with Crippen molar-refractivity contribution in [2.75, 3.05) is 6.86 Å². The van der Waals surface area contributed by atoms with Crippen molar-refractivity contribution in [1.82, 2.24) is 0 Å². The molecule has 0 aliphatic rings. The van der Waals surface area contributed by atoms with Gasteiger partial charge in [0.05, 0.1) is 0 Å². The van der Waals surface area contributed by atoms with Crippen molar-refractivity contribution in [1.29, 1.82) is 0 Å². The fourth-order valence-corrected chi connectivity index (χ4v) is 1.51. The van der Waals surface area contributed by atoms with E-state index < -0.39 is 16.6 Å². The van der Waals surface area contributed by atoms with E-state index in [1.54, 1.807) is 0 Å². The van der Waals surface area contributed by atoms with Gasteiger partial charge in [0.25, 0.3) is 0 Å². The van der Waals surface area contributed by atoms with Crippen LogP contribution in [0.3, 0.4) is 0 Å². The third-order valence-corrected chi connectivity index (χ3v) is 2.35. The van der Waals surface area contributed by atoms with E-state index >= 15 is 0 Å². The van der Waals surface area contributed by atoms with Gasteiger partial charge in [0.1, 0.15) is 0 Å². The second-order valence-corrected chi connectivity index (χ2v) is 3.46.